The van der Waals surface area contributed by atoms with Gasteiger partial charge in [0.25, 0.3) is 0 Å². The molecule has 2 N–H and O–H groups in total. The van der Waals surface area contributed by atoms with E-state index in [4.69, 9.17) is 14.7 Å². The van der Waals surface area contributed by atoms with Gasteiger partial charge < -0.3 is 20.3 Å². The molecule has 31 heavy (non-hydrogen) atoms. The lowest BCUT2D eigenvalue weighted by molar-refractivity contribution is 0.195. The van der Waals surface area contributed by atoms with Crippen molar-refractivity contribution in [3.63, 3.8) is 0 Å². The molecule has 3 rings (SSSR count). The van der Waals surface area contributed by atoms with Gasteiger partial charge in [-0.15, -0.1) is 0 Å². The first-order valence-corrected chi connectivity index (χ1v) is 11.8. The molecule has 1 aromatic carbocycles. The van der Waals surface area contributed by atoms with Crippen LogP contribution in [0.3, 0.4) is 0 Å². The van der Waals surface area contributed by atoms with Crippen LogP contribution in [0.15, 0.2) is 30.3 Å². The highest BCUT2D eigenvalue weighted by Crippen LogP contribution is 2.31. The Labute approximate surface area is 189 Å². The summed E-state index contributed by atoms with van der Waals surface area (Å²) in [6, 6.07) is 9.80. The maximum atomic E-state index is 11.8. The predicted molar refractivity (Wildman–Crippen MR) is 130 cm³/mol. The van der Waals surface area contributed by atoms with Gasteiger partial charge in [-0.1, -0.05) is 0 Å². The number of nitrogens with one attached hydrogen (secondary N) is 2. The number of hydrogen-bond acceptors (Lipinski definition) is 5. The minimum atomic E-state index is -0.215. The summed E-state index contributed by atoms with van der Waals surface area (Å²) in [7, 11) is 0. The van der Waals surface area contributed by atoms with Gasteiger partial charge in [-0.05, 0) is 77.6 Å². The molecule has 0 bridgehead atoms. The number of urea groups is 1. The van der Waals surface area contributed by atoms with Crippen LogP contribution in [0.25, 0.3) is 11.4 Å². The third-order valence-electron chi connectivity index (χ3n) is 5.07. The number of carbonyl (C=O) groups excluding carboxylic acids is 1. The van der Waals surface area contributed by atoms with Crippen molar-refractivity contribution in [1.82, 2.24) is 15.3 Å². The fourth-order valence-corrected chi connectivity index (χ4v) is 5.14. The number of hydrogen-bond donors (Lipinski definition) is 2. The predicted octanol–water partition coefficient (Wildman–Crippen LogP) is 3.93. The van der Waals surface area contributed by atoms with Gasteiger partial charge >= 0.3 is 6.03 Å². The molecule has 1 aliphatic rings. The molecule has 7 nitrogen and oxygen atoms in total. The Morgan fingerprint density at radius 1 is 1.29 bits per heavy atom. The zero-order valence-corrected chi connectivity index (χ0v) is 20.2. The van der Waals surface area contributed by atoms with Crippen molar-refractivity contribution in [2.45, 2.75) is 57.6 Å². The molecule has 0 saturated carbocycles. The summed E-state index contributed by atoms with van der Waals surface area (Å²) in [4.78, 5) is 23.8. The summed E-state index contributed by atoms with van der Waals surface area (Å²) in [5.74, 6) is 1.57. The summed E-state index contributed by atoms with van der Waals surface area (Å²) < 4.78 is 5.54. The maximum Gasteiger partial charge on any atom is 0.319 e. The third-order valence-corrected chi connectivity index (χ3v) is 6.47. The van der Waals surface area contributed by atoms with Crippen LogP contribution in [0.1, 0.15) is 47.2 Å². The van der Waals surface area contributed by atoms with Gasteiger partial charge in [-0.3, -0.25) is 0 Å². The van der Waals surface area contributed by atoms with Crippen molar-refractivity contribution < 1.29 is 9.53 Å². The van der Waals surface area contributed by atoms with Crippen LogP contribution < -0.4 is 15.5 Å². The molecule has 1 saturated heterocycles. The maximum absolute atomic E-state index is 11.8. The van der Waals surface area contributed by atoms with Crippen LogP contribution in [-0.2, 0) is 21.2 Å². The summed E-state index contributed by atoms with van der Waals surface area (Å²) in [5.41, 5.74) is 2.66. The molecule has 1 aromatic heterocycles. The molecule has 2 amide bonds. The van der Waals surface area contributed by atoms with E-state index in [0.29, 0.717) is 31.0 Å². The normalized spacial score (nSPS) is 16.6. The van der Waals surface area contributed by atoms with Crippen molar-refractivity contribution >= 4 is 29.3 Å². The highest BCUT2D eigenvalue weighted by molar-refractivity contribution is 7.80. The van der Waals surface area contributed by atoms with Gasteiger partial charge in [0.2, 0.25) is 0 Å². The summed E-state index contributed by atoms with van der Waals surface area (Å²) >= 11 is 1.32. The Morgan fingerprint density at radius 2 is 2.00 bits per heavy atom. The number of benzene rings is 1. The summed E-state index contributed by atoms with van der Waals surface area (Å²) in [6.45, 7) is 14.8. The van der Waals surface area contributed by atoms with Gasteiger partial charge in [-0.25, -0.2) is 14.8 Å². The number of carbonyl (C=O) groups is 1. The molecule has 1 atom stereocenters. The van der Waals surface area contributed by atoms with Crippen LogP contribution in [0.2, 0.25) is 0 Å². The van der Waals surface area contributed by atoms with Crippen molar-refractivity contribution in [2.24, 2.45) is 0 Å². The molecule has 0 aliphatic carbocycles. The molecular formula is C23H34N5O2S+. The van der Waals surface area contributed by atoms with E-state index in [-0.39, 0.29) is 16.8 Å². The van der Waals surface area contributed by atoms with Crippen LogP contribution in [0, 0.1) is 0 Å². The average Bonchev–Trinajstić information content (AvgIpc) is 3.13. The van der Waals surface area contributed by atoms with Crippen molar-refractivity contribution in [1.29, 1.82) is 0 Å². The zero-order valence-electron chi connectivity index (χ0n) is 19.3. The summed E-state index contributed by atoms with van der Waals surface area (Å²) in [6.07, 6.45) is 0. The number of thiol groups is 1. The first-order chi connectivity index (χ1) is 14.7. The molecule has 0 spiro atoms. The summed E-state index contributed by atoms with van der Waals surface area (Å²) in [5, 5.41) is 6.09. The second-order valence-electron chi connectivity index (χ2n) is 8.60. The van der Waals surface area contributed by atoms with Crippen LogP contribution in [-0.4, -0.2) is 47.2 Å². The van der Waals surface area contributed by atoms with Gasteiger partial charge in [-0.2, -0.15) is 0 Å². The zero-order chi connectivity index (χ0) is 22.6. The first-order valence-electron chi connectivity index (χ1n) is 10.8. The molecular weight excluding hydrogens is 410 g/mol. The largest absolute Gasteiger partial charge is 0.359 e. The van der Waals surface area contributed by atoms with Crippen molar-refractivity contribution in [2.75, 3.05) is 30.1 Å². The lowest BCUT2D eigenvalue weighted by Gasteiger charge is -2.24. The van der Waals surface area contributed by atoms with Crippen LogP contribution in [0.4, 0.5) is 16.3 Å². The van der Waals surface area contributed by atoms with E-state index in [2.05, 4.69) is 56.2 Å². The molecule has 0 unspecified atom stereocenters. The van der Waals surface area contributed by atoms with E-state index in [1.54, 1.807) is 0 Å². The Bertz CT molecular complexity index is 901. The first kappa shape index (κ1) is 23.3. The number of amides is 2. The van der Waals surface area contributed by atoms with E-state index in [9.17, 15) is 4.79 Å². The van der Waals surface area contributed by atoms with E-state index < -0.39 is 0 Å². The standard InChI is InChI=1S/C23H33N5O2S/c1-7-24-22(29)25-18-10-8-17(9-11-18)21-26-19(23(5,6)31-15(2)3)12-20(27-21)28-14-30-13-16(28)4/h8-12,15-16H,7,13-14H2,1-6H3,(H2,24,25,29)/p+1/t16-/m0/s1. The molecule has 168 valence electrons. The number of rotatable bonds is 7. The molecule has 8 heteroatoms. The highest BCUT2D eigenvalue weighted by Gasteiger charge is 2.34. The minimum Gasteiger partial charge on any atom is -0.359 e. The molecule has 1 fully saturated rings. The number of ether oxygens (including phenoxy) is 1. The van der Waals surface area contributed by atoms with E-state index in [1.165, 1.54) is 11.8 Å². The molecule has 2 aromatic rings. The molecule has 1 aliphatic heterocycles. The highest BCUT2D eigenvalue weighted by atomic mass is 32.2. The van der Waals surface area contributed by atoms with Gasteiger partial charge in [0.1, 0.15) is 23.5 Å². The number of anilines is 2. The molecule has 2 heterocycles. The van der Waals surface area contributed by atoms with Crippen molar-refractivity contribution in [3.05, 3.63) is 36.0 Å². The lowest BCUT2D eigenvalue weighted by Crippen LogP contribution is -2.31. The Balaban J connectivity index is 1.96. The third kappa shape index (κ3) is 5.89. The Kier molecular flexibility index (Phi) is 7.43. The second-order valence-corrected chi connectivity index (χ2v) is 11.0. The fraction of sp³-hybridized carbons (Fsp3) is 0.522. The van der Waals surface area contributed by atoms with E-state index in [0.717, 1.165) is 22.8 Å². The van der Waals surface area contributed by atoms with E-state index >= 15 is 0 Å². The average molecular weight is 445 g/mol. The van der Waals surface area contributed by atoms with Gasteiger partial charge in [0.05, 0.1) is 12.6 Å². The lowest BCUT2D eigenvalue weighted by atomic mass is 10.1. The van der Waals surface area contributed by atoms with Gasteiger partial charge in [0, 0.05) is 23.9 Å². The fourth-order valence-electron chi connectivity index (χ4n) is 3.60. The monoisotopic (exact) mass is 444 g/mol. The topological polar surface area (TPSA) is 79.4 Å². The number of aromatic nitrogens is 2. The second kappa shape index (κ2) is 9.87. The minimum absolute atomic E-state index is 0.107. The van der Waals surface area contributed by atoms with Crippen LogP contribution in [0.5, 0.6) is 0 Å². The SMILES string of the molecule is CCNC(=O)Nc1ccc(-c2nc(N3COC[C@@H]3C)cc(C(C)(C)[SH+]C(C)C)n2)cc1. The van der Waals surface area contributed by atoms with Gasteiger partial charge in [0.15, 0.2) is 10.6 Å². The number of nitrogens with zero attached hydrogens (tertiary/aromatic N) is 3. The molecule has 0 radical (unpaired) electrons. The van der Waals surface area contributed by atoms with Crippen molar-refractivity contribution in [3.8, 4) is 11.4 Å². The Morgan fingerprint density at radius 3 is 2.58 bits per heavy atom. The smallest absolute Gasteiger partial charge is 0.319 e. The van der Waals surface area contributed by atoms with E-state index in [1.807, 2.05) is 31.2 Å². The quantitative estimate of drug-likeness (QED) is 0.500. The van der Waals surface area contributed by atoms with Crippen LogP contribution >= 0.6 is 0 Å². The Hall–Kier alpha value is -2.32.